The van der Waals surface area contributed by atoms with E-state index in [0.717, 1.165) is 5.56 Å². The molecule has 0 aliphatic heterocycles. The number of rotatable bonds is 2. The average molecular weight is 221 g/mol. The highest BCUT2D eigenvalue weighted by Gasteiger charge is 2.05. The van der Waals surface area contributed by atoms with E-state index in [9.17, 15) is 4.79 Å². The summed E-state index contributed by atoms with van der Waals surface area (Å²) in [7, 11) is 0. The lowest BCUT2D eigenvalue weighted by Gasteiger charge is -2.01. The second kappa shape index (κ2) is 4.28. The van der Waals surface area contributed by atoms with Crippen molar-refractivity contribution in [2.24, 2.45) is 0 Å². The largest absolute Gasteiger partial charge is 0.276 e. The number of hydrogen-bond donors (Lipinski definition) is 0. The maximum absolute atomic E-state index is 11.7. The Hall–Kier alpha value is -1.61. The molecule has 0 spiro atoms. The first kappa shape index (κ1) is 9.93. The minimum absolute atomic E-state index is 0.0187. The first-order chi connectivity index (χ1) is 7.25. The van der Waals surface area contributed by atoms with Crippen molar-refractivity contribution in [1.29, 1.82) is 0 Å². The fourth-order valence-corrected chi connectivity index (χ4v) is 1.53. The lowest BCUT2D eigenvalue weighted by Crippen LogP contribution is -2.11. The predicted octanol–water partition coefficient (Wildman–Crippen LogP) is 2.42. The molecule has 76 valence electrons. The molecule has 15 heavy (non-hydrogen) atoms. The monoisotopic (exact) mass is 220 g/mol. The third kappa shape index (κ3) is 2.44. The molecular formula is C11H9ClN2O. The second-order valence-electron chi connectivity index (χ2n) is 3.17. The van der Waals surface area contributed by atoms with Gasteiger partial charge in [-0.15, -0.1) is 0 Å². The standard InChI is InChI=1S/C11H9ClN2O/c12-10-3-1-2-9(6-10)7-11(15)14-5-4-13-8-14/h1-6,8H,7H2. The van der Waals surface area contributed by atoms with Gasteiger partial charge in [0.25, 0.3) is 0 Å². The summed E-state index contributed by atoms with van der Waals surface area (Å²) in [6, 6.07) is 7.28. The van der Waals surface area contributed by atoms with E-state index in [2.05, 4.69) is 4.98 Å². The fraction of sp³-hybridized carbons (Fsp3) is 0.0909. The number of nitrogens with zero attached hydrogens (tertiary/aromatic N) is 2. The van der Waals surface area contributed by atoms with Gasteiger partial charge in [-0.25, -0.2) is 4.98 Å². The van der Waals surface area contributed by atoms with Crippen molar-refractivity contribution < 1.29 is 4.79 Å². The number of halogens is 1. The molecule has 2 aromatic rings. The number of aromatic nitrogens is 2. The molecule has 2 rings (SSSR count). The maximum Gasteiger partial charge on any atom is 0.236 e. The summed E-state index contributed by atoms with van der Waals surface area (Å²) in [4.78, 5) is 15.5. The highest BCUT2D eigenvalue weighted by molar-refractivity contribution is 6.30. The normalized spacial score (nSPS) is 10.2. The van der Waals surface area contributed by atoms with Gasteiger partial charge in [0.1, 0.15) is 6.33 Å². The summed E-state index contributed by atoms with van der Waals surface area (Å²) in [5, 5.41) is 0.644. The average Bonchev–Trinajstić information content (AvgIpc) is 2.70. The highest BCUT2D eigenvalue weighted by Crippen LogP contribution is 2.11. The third-order valence-electron chi connectivity index (χ3n) is 2.04. The molecule has 1 aromatic carbocycles. The zero-order chi connectivity index (χ0) is 10.7. The van der Waals surface area contributed by atoms with Crippen LogP contribution in [0.2, 0.25) is 5.02 Å². The SMILES string of the molecule is O=C(Cc1cccc(Cl)c1)n1ccnc1. The van der Waals surface area contributed by atoms with E-state index in [1.165, 1.54) is 10.9 Å². The van der Waals surface area contributed by atoms with E-state index in [1.807, 2.05) is 12.1 Å². The van der Waals surface area contributed by atoms with Gasteiger partial charge in [0.05, 0.1) is 6.42 Å². The Balaban J connectivity index is 2.13. The summed E-state index contributed by atoms with van der Waals surface area (Å²) < 4.78 is 1.46. The van der Waals surface area contributed by atoms with Crippen LogP contribution in [-0.4, -0.2) is 15.5 Å². The molecule has 0 atom stereocenters. The molecule has 0 saturated carbocycles. The molecule has 3 nitrogen and oxygen atoms in total. The van der Waals surface area contributed by atoms with Gasteiger partial charge in [0.15, 0.2) is 0 Å². The first-order valence-corrected chi connectivity index (χ1v) is 4.89. The molecule has 0 N–H and O–H groups in total. The molecule has 0 radical (unpaired) electrons. The molecule has 0 saturated heterocycles. The van der Waals surface area contributed by atoms with Crippen LogP contribution < -0.4 is 0 Å². The Morgan fingerprint density at radius 1 is 1.47 bits per heavy atom. The lowest BCUT2D eigenvalue weighted by molar-refractivity contribution is 0.0914. The number of imidazole rings is 1. The smallest absolute Gasteiger partial charge is 0.236 e. The molecule has 1 aromatic heterocycles. The molecule has 0 bridgehead atoms. The Kier molecular flexibility index (Phi) is 2.83. The zero-order valence-electron chi connectivity index (χ0n) is 7.93. The first-order valence-electron chi connectivity index (χ1n) is 4.51. The molecule has 0 unspecified atom stereocenters. The Morgan fingerprint density at radius 3 is 3.00 bits per heavy atom. The van der Waals surface area contributed by atoms with E-state index in [0.29, 0.717) is 11.4 Å². The number of hydrogen-bond acceptors (Lipinski definition) is 2. The van der Waals surface area contributed by atoms with Crippen molar-refractivity contribution in [3.8, 4) is 0 Å². The van der Waals surface area contributed by atoms with Crippen LogP contribution in [0.1, 0.15) is 10.4 Å². The van der Waals surface area contributed by atoms with Crippen LogP contribution in [0.5, 0.6) is 0 Å². The van der Waals surface area contributed by atoms with Crippen molar-refractivity contribution >= 4 is 17.5 Å². The summed E-state index contributed by atoms with van der Waals surface area (Å²) >= 11 is 5.82. The topological polar surface area (TPSA) is 34.9 Å². The van der Waals surface area contributed by atoms with Gasteiger partial charge >= 0.3 is 0 Å². The van der Waals surface area contributed by atoms with E-state index in [4.69, 9.17) is 11.6 Å². The van der Waals surface area contributed by atoms with Gasteiger partial charge in [-0.1, -0.05) is 23.7 Å². The third-order valence-corrected chi connectivity index (χ3v) is 2.27. The van der Waals surface area contributed by atoms with E-state index in [-0.39, 0.29) is 5.91 Å². The highest BCUT2D eigenvalue weighted by atomic mass is 35.5. The predicted molar refractivity (Wildman–Crippen MR) is 58.0 cm³/mol. The summed E-state index contributed by atoms with van der Waals surface area (Å²) in [5.74, 6) is -0.0187. The van der Waals surface area contributed by atoms with Crippen LogP contribution in [0.25, 0.3) is 0 Å². The van der Waals surface area contributed by atoms with Gasteiger partial charge in [-0.2, -0.15) is 0 Å². The summed E-state index contributed by atoms with van der Waals surface area (Å²) in [6.45, 7) is 0. The Morgan fingerprint density at radius 2 is 2.33 bits per heavy atom. The molecule has 0 aliphatic rings. The van der Waals surface area contributed by atoms with Gasteiger partial charge in [-0.05, 0) is 17.7 Å². The van der Waals surface area contributed by atoms with Crippen LogP contribution in [0.3, 0.4) is 0 Å². The molecule has 4 heteroatoms. The van der Waals surface area contributed by atoms with Gasteiger partial charge in [-0.3, -0.25) is 9.36 Å². The molecule has 0 aliphatic carbocycles. The zero-order valence-corrected chi connectivity index (χ0v) is 8.69. The van der Waals surface area contributed by atoms with Crippen LogP contribution in [0.15, 0.2) is 43.0 Å². The number of carbonyl (C=O) groups is 1. The van der Waals surface area contributed by atoms with E-state index in [1.54, 1.807) is 24.5 Å². The van der Waals surface area contributed by atoms with Gasteiger partial charge in [0, 0.05) is 17.4 Å². The maximum atomic E-state index is 11.7. The van der Waals surface area contributed by atoms with Crippen LogP contribution in [0.4, 0.5) is 0 Å². The van der Waals surface area contributed by atoms with Gasteiger partial charge in [0.2, 0.25) is 5.91 Å². The van der Waals surface area contributed by atoms with Crippen molar-refractivity contribution in [3.05, 3.63) is 53.6 Å². The van der Waals surface area contributed by atoms with Crippen LogP contribution >= 0.6 is 11.6 Å². The minimum Gasteiger partial charge on any atom is -0.276 e. The second-order valence-corrected chi connectivity index (χ2v) is 3.61. The quantitative estimate of drug-likeness (QED) is 0.779. The van der Waals surface area contributed by atoms with E-state index >= 15 is 0 Å². The van der Waals surface area contributed by atoms with E-state index < -0.39 is 0 Å². The number of carbonyl (C=O) groups excluding carboxylic acids is 1. The minimum atomic E-state index is -0.0187. The van der Waals surface area contributed by atoms with Crippen molar-refractivity contribution in [2.75, 3.05) is 0 Å². The fourth-order valence-electron chi connectivity index (χ4n) is 1.32. The lowest BCUT2D eigenvalue weighted by atomic mass is 10.1. The van der Waals surface area contributed by atoms with Crippen molar-refractivity contribution in [1.82, 2.24) is 9.55 Å². The van der Waals surface area contributed by atoms with Crippen LogP contribution in [-0.2, 0) is 6.42 Å². The van der Waals surface area contributed by atoms with Crippen molar-refractivity contribution in [2.45, 2.75) is 6.42 Å². The summed E-state index contributed by atoms with van der Waals surface area (Å²) in [5.41, 5.74) is 0.904. The Labute approximate surface area is 92.3 Å². The molecular weight excluding hydrogens is 212 g/mol. The summed E-state index contributed by atoms with van der Waals surface area (Å²) in [6.07, 6.45) is 5.03. The molecule has 0 fully saturated rings. The Bertz CT molecular complexity index is 465. The van der Waals surface area contributed by atoms with Crippen molar-refractivity contribution in [3.63, 3.8) is 0 Å². The number of benzene rings is 1. The molecule has 0 amide bonds. The van der Waals surface area contributed by atoms with Gasteiger partial charge < -0.3 is 0 Å². The molecule has 1 heterocycles. The van der Waals surface area contributed by atoms with Crippen LogP contribution in [0, 0.1) is 0 Å².